The highest BCUT2D eigenvalue weighted by atomic mass is 32.1. The molecule has 0 aliphatic carbocycles. The molecule has 0 atom stereocenters. The molecule has 2 N–H and O–H groups in total. The molecule has 0 aliphatic rings. The number of carbonyl (C=O) groups excluding carboxylic acids is 1. The van der Waals surface area contributed by atoms with Gasteiger partial charge >= 0.3 is 6.18 Å². The minimum atomic E-state index is -4.26. The highest BCUT2D eigenvalue weighted by molar-refractivity contribution is 7.09. The topological polar surface area (TPSA) is 59.2 Å². The molecule has 1 heterocycles. The van der Waals surface area contributed by atoms with Crippen molar-refractivity contribution in [1.29, 1.82) is 0 Å². The van der Waals surface area contributed by atoms with Crippen LogP contribution in [0.4, 0.5) is 13.2 Å². The Morgan fingerprint density at radius 2 is 2.22 bits per heavy atom. The fraction of sp³-hybridized carbons (Fsp3) is 0.600. The molecule has 0 radical (unpaired) electrons. The molecule has 0 aromatic carbocycles. The van der Waals surface area contributed by atoms with E-state index >= 15 is 0 Å². The van der Waals surface area contributed by atoms with E-state index in [1.807, 2.05) is 0 Å². The summed E-state index contributed by atoms with van der Waals surface area (Å²) >= 11 is 1.28. The molecule has 0 bridgehead atoms. The summed E-state index contributed by atoms with van der Waals surface area (Å²) in [5.41, 5.74) is 5.52. The van der Waals surface area contributed by atoms with Crippen LogP contribution in [0.1, 0.15) is 21.9 Å². The number of alkyl halides is 3. The third kappa shape index (κ3) is 4.61. The molecule has 1 rings (SSSR count). The van der Waals surface area contributed by atoms with Crippen molar-refractivity contribution in [1.82, 2.24) is 9.88 Å². The first-order chi connectivity index (χ1) is 8.33. The number of hydrogen-bond acceptors (Lipinski definition) is 4. The lowest BCUT2D eigenvalue weighted by molar-refractivity contribution is -0.136. The second-order valence-corrected chi connectivity index (χ2v) is 4.70. The molecule has 1 amide bonds. The van der Waals surface area contributed by atoms with Crippen molar-refractivity contribution in [2.75, 3.05) is 20.1 Å². The van der Waals surface area contributed by atoms with Gasteiger partial charge in [0.15, 0.2) is 0 Å². The van der Waals surface area contributed by atoms with E-state index in [9.17, 15) is 18.0 Å². The number of thiazole rings is 1. The van der Waals surface area contributed by atoms with Crippen LogP contribution in [0.3, 0.4) is 0 Å². The fourth-order valence-corrected chi connectivity index (χ4v) is 2.03. The number of halogens is 3. The summed E-state index contributed by atoms with van der Waals surface area (Å²) in [7, 11) is 1.33. The maximum Gasteiger partial charge on any atom is 0.390 e. The van der Waals surface area contributed by atoms with Crippen molar-refractivity contribution in [3.8, 4) is 0 Å². The second kappa shape index (κ2) is 6.14. The van der Waals surface area contributed by atoms with Crippen molar-refractivity contribution >= 4 is 17.2 Å². The van der Waals surface area contributed by atoms with E-state index in [0.29, 0.717) is 18.0 Å². The molecule has 0 spiro atoms. The molecular formula is C10H14F3N3OS. The van der Waals surface area contributed by atoms with Crippen molar-refractivity contribution in [2.45, 2.75) is 19.0 Å². The first-order valence-electron chi connectivity index (χ1n) is 5.30. The number of nitrogens with zero attached hydrogens (tertiary/aromatic N) is 2. The van der Waals surface area contributed by atoms with Crippen molar-refractivity contribution in [3.63, 3.8) is 0 Å². The quantitative estimate of drug-likeness (QED) is 0.893. The third-order valence-corrected chi connectivity index (χ3v) is 3.12. The maximum atomic E-state index is 12.0. The summed E-state index contributed by atoms with van der Waals surface area (Å²) in [6.07, 6.45) is -4.72. The van der Waals surface area contributed by atoms with Gasteiger partial charge in [0.1, 0.15) is 5.69 Å². The average molecular weight is 281 g/mol. The summed E-state index contributed by atoms with van der Waals surface area (Å²) in [5.74, 6) is -0.501. The summed E-state index contributed by atoms with van der Waals surface area (Å²) in [6.45, 7) is 0.0527. The Balaban J connectivity index is 2.57. The van der Waals surface area contributed by atoms with Gasteiger partial charge in [-0.2, -0.15) is 13.2 Å². The van der Waals surface area contributed by atoms with E-state index in [1.54, 1.807) is 0 Å². The number of carbonyl (C=O) groups is 1. The van der Waals surface area contributed by atoms with Gasteiger partial charge in [-0.3, -0.25) is 4.79 Å². The van der Waals surface area contributed by atoms with Crippen LogP contribution < -0.4 is 5.73 Å². The normalized spacial score (nSPS) is 11.6. The third-order valence-electron chi connectivity index (χ3n) is 2.21. The monoisotopic (exact) mass is 281 g/mol. The van der Waals surface area contributed by atoms with E-state index in [4.69, 9.17) is 5.73 Å². The van der Waals surface area contributed by atoms with Gasteiger partial charge in [0, 0.05) is 25.4 Å². The molecule has 102 valence electrons. The Hall–Kier alpha value is -1.15. The lowest BCUT2D eigenvalue weighted by Gasteiger charge is -2.16. The molecule has 1 aromatic heterocycles. The zero-order chi connectivity index (χ0) is 13.8. The zero-order valence-electron chi connectivity index (χ0n) is 9.83. The van der Waals surface area contributed by atoms with E-state index in [2.05, 4.69) is 4.98 Å². The van der Waals surface area contributed by atoms with E-state index in [0.717, 1.165) is 4.90 Å². The standard InChI is InChI=1S/C10H14F3N3OS/c1-16(5-3-10(11,12)13)9(17)7-6-18-8(15-7)2-4-14/h6H,2-5,14H2,1H3. The molecule has 1 aromatic rings. The number of rotatable bonds is 5. The Labute approximate surface area is 107 Å². The highest BCUT2D eigenvalue weighted by Gasteiger charge is 2.28. The lowest BCUT2D eigenvalue weighted by Crippen LogP contribution is -2.30. The Morgan fingerprint density at radius 3 is 2.78 bits per heavy atom. The number of nitrogens with two attached hydrogens (primary N) is 1. The molecule has 0 unspecified atom stereocenters. The van der Waals surface area contributed by atoms with Crippen molar-refractivity contribution < 1.29 is 18.0 Å². The summed E-state index contributed by atoms with van der Waals surface area (Å²) < 4.78 is 36.1. The zero-order valence-corrected chi connectivity index (χ0v) is 10.6. The summed E-state index contributed by atoms with van der Waals surface area (Å²) in [5, 5.41) is 2.25. The Bertz CT molecular complexity index is 405. The predicted octanol–water partition coefficient (Wildman–Crippen LogP) is 1.67. The predicted molar refractivity (Wildman–Crippen MR) is 62.5 cm³/mol. The minimum Gasteiger partial charge on any atom is -0.340 e. The van der Waals surface area contributed by atoms with Crippen LogP contribution in [0.25, 0.3) is 0 Å². The smallest absolute Gasteiger partial charge is 0.340 e. The van der Waals surface area contributed by atoms with Gasteiger partial charge in [-0.05, 0) is 6.54 Å². The molecule has 0 aliphatic heterocycles. The Kier molecular flexibility index (Phi) is 5.09. The maximum absolute atomic E-state index is 12.0. The Morgan fingerprint density at radius 1 is 1.56 bits per heavy atom. The second-order valence-electron chi connectivity index (χ2n) is 3.76. The molecular weight excluding hydrogens is 267 g/mol. The fourth-order valence-electron chi connectivity index (χ4n) is 1.24. The number of amides is 1. The minimum absolute atomic E-state index is 0.174. The summed E-state index contributed by atoms with van der Waals surface area (Å²) in [6, 6.07) is 0. The summed E-state index contributed by atoms with van der Waals surface area (Å²) in [4.78, 5) is 16.8. The van der Waals surface area contributed by atoms with Crippen LogP contribution in [0.15, 0.2) is 5.38 Å². The number of aromatic nitrogens is 1. The first-order valence-corrected chi connectivity index (χ1v) is 6.18. The van der Waals surface area contributed by atoms with Crippen molar-refractivity contribution in [3.05, 3.63) is 16.1 Å². The van der Waals surface area contributed by atoms with Gasteiger partial charge in [0.25, 0.3) is 5.91 Å². The average Bonchev–Trinajstić information content (AvgIpc) is 2.73. The van der Waals surface area contributed by atoms with E-state index < -0.39 is 18.5 Å². The van der Waals surface area contributed by atoms with Gasteiger partial charge in [0.05, 0.1) is 11.4 Å². The van der Waals surface area contributed by atoms with Crippen LogP contribution in [0.5, 0.6) is 0 Å². The van der Waals surface area contributed by atoms with E-state index in [1.165, 1.54) is 23.8 Å². The molecule has 4 nitrogen and oxygen atoms in total. The highest BCUT2D eigenvalue weighted by Crippen LogP contribution is 2.20. The van der Waals surface area contributed by atoms with Gasteiger partial charge in [-0.15, -0.1) is 11.3 Å². The van der Waals surface area contributed by atoms with Crippen LogP contribution in [0.2, 0.25) is 0 Å². The van der Waals surface area contributed by atoms with Gasteiger partial charge in [-0.1, -0.05) is 0 Å². The van der Waals surface area contributed by atoms with Gasteiger partial charge in [0.2, 0.25) is 0 Å². The largest absolute Gasteiger partial charge is 0.390 e. The van der Waals surface area contributed by atoms with Gasteiger partial charge < -0.3 is 10.6 Å². The molecule has 8 heteroatoms. The molecule has 0 fully saturated rings. The van der Waals surface area contributed by atoms with Crippen molar-refractivity contribution in [2.24, 2.45) is 5.73 Å². The molecule has 0 saturated heterocycles. The van der Waals surface area contributed by atoms with Gasteiger partial charge in [-0.25, -0.2) is 4.98 Å². The number of hydrogen-bond donors (Lipinski definition) is 1. The SMILES string of the molecule is CN(CCC(F)(F)F)C(=O)c1csc(CCN)n1. The van der Waals surface area contributed by atoms with Crippen LogP contribution in [-0.2, 0) is 6.42 Å². The first kappa shape index (κ1) is 14.9. The van der Waals surface area contributed by atoms with E-state index in [-0.39, 0.29) is 12.2 Å². The van der Waals surface area contributed by atoms with Crippen LogP contribution in [0, 0.1) is 0 Å². The van der Waals surface area contributed by atoms with Crippen LogP contribution in [-0.4, -0.2) is 42.1 Å². The lowest BCUT2D eigenvalue weighted by atomic mass is 10.3. The molecule has 18 heavy (non-hydrogen) atoms. The van der Waals surface area contributed by atoms with Crippen LogP contribution >= 0.6 is 11.3 Å². The molecule has 0 saturated carbocycles.